The number of benzene rings is 1. The number of halogens is 1. The third-order valence-corrected chi connectivity index (χ3v) is 4.66. The Bertz CT molecular complexity index is 644. The summed E-state index contributed by atoms with van der Waals surface area (Å²) < 4.78 is 1.00. The second kappa shape index (κ2) is 5.63. The van der Waals surface area contributed by atoms with Crippen LogP contribution in [0.25, 0.3) is 11.3 Å². The van der Waals surface area contributed by atoms with Crippen LogP contribution >= 0.6 is 27.3 Å². The fourth-order valence-corrected chi connectivity index (χ4v) is 3.52. The highest BCUT2D eigenvalue weighted by atomic mass is 79.9. The van der Waals surface area contributed by atoms with Gasteiger partial charge >= 0.3 is 0 Å². The molecule has 1 N–H and O–H groups in total. The highest BCUT2D eigenvalue weighted by Crippen LogP contribution is 2.32. The molecule has 0 saturated carbocycles. The zero-order valence-corrected chi connectivity index (χ0v) is 13.0. The van der Waals surface area contributed by atoms with Gasteiger partial charge < -0.3 is 5.11 Å². The highest BCUT2D eigenvalue weighted by molar-refractivity contribution is 9.10. The second-order valence-electron chi connectivity index (χ2n) is 4.78. The molecule has 6 heteroatoms. The molecule has 1 amide bonds. The number of aliphatic hydroxyl groups is 1. The third kappa shape index (κ3) is 2.63. The molecule has 1 unspecified atom stereocenters. The number of hydrogen-bond donors (Lipinski definition) is 1. The van der Waals surface area contributed by atoms with E-state index >= 15 is 0 Å². The normalized spacial score (nSPS) is 18.8. The fraction of sp³-hybridized carbons (Fsp3) is 0.286. The number of nitrogens with zero attached hydrogens (tertiary/aromatic N) is 2. The molecule has 3 rings (SSSR count). The van der Waals surface area contributed by atoms with Gasteiger partial charge in [-0.3, -0.25) is 9.69 Å². The third-order valence-electron chi connectivity index (χ3n) is 3.31. The van der Waals surface area contributed by atoms with E-state index in [1.807, 2.05) is 29.6 Å². The molecule has 1 aliphatic rings. The van der Waals surface area contributed by atoms with Gasteiger partial charge in [0, 0.05) is 40.9 Å². The minimum atomic E-state index is 0.0284. The summed E-state index contributed by atoms with van der Waals surface area (Å²) in [7, 11) is 0. The molecule has 0 bridgehead atoms. The van der Waals surface area contributed by atoms with Gasteiger partial charge in [0.1, 0.15) is 0 Å². The van der Waals surface area contributed by atoms with E-state index in [0.717, 1.165) is 15.7 Å². The summed E-state index contributed by atoms with van der Waals surface area (Å²) in [5.74, 6) is 0.0694. The zero-order valence-electron chi connectivity index (χ0n) is 10.6. The van der Waals surface area contributed by atoms with Gasteiger partial charge in [-0.1, -0.05) is 28.1 Å². The predicted octanol–water partition coefficient (Wildman–Crippen LogP) is 2.92. The van der Waals surface area contributed by atoms with Crippen LogP contribution in [0.1, 0.15) is 6.42 Å². The highest BCUT2D eigenvalue weighted by Gasteiger charge is 2.31. The average molecular weight is 353 g/mol. The monoisotopic (exact) mass is 352 g/mol. The summed E-state index contributed by atoms with van der Waals surface area (Å²) in [6.45, 7) is 0.604. The molecule has 1 aromatic carbocycles. The molecule has 4 nitrogen and oxygen atoms in total. The van der Waals surface area contributed by atoms with E-state index in [4.69, 9.17) is 5.11 Å². The van der Waals surface area contributed by atoms with Crippen LogP contribution in [0.3, 0.4) is 0 Å². The van der Waals surface area contributed by atoms with E-state index in [-0.39, 0.29) is 18.4 Å². The van der Waals surface area contributed by atoms with Gasteiger partial charge in [-0.2, -0.15) is 0 Å². The van der Waals surface area contributed by atoms with Gasteiger partial charge in [-0.15, -0.1) is 11.3 Å². The number of amides is 1. The number of carbonyl (C=O) groups is 1. The summed E-state index contributed by atoms with van der Waals surface area (Å²) >= 11 is 4.90. The van der Waals surface area contributed by atoms with Gasteiger partial charge in [-0.25, -0.2) is 4.98 Å². The lowest BCUT2D eigenvalue weighted by atomic mass is 10.1. The van der Waals surface area contributed by atoms with E-state index in [0.29, 0.717) is 18.1 Å². The molecule has 0 spiro atoms. The summed E-state index contributed by atoms with van der Waals surface area (Å²) in [6, 6.07) is 7.92. The summed E-state index contributed by atoms with van der Waals surface area (Å²) in [5.41, 5.74) is 1.89. The Kier molecular flexibility index (Phi) is 3.87. The van der Waals surface area contributed by atoms with Crippen LogP contribution in [0.2, 0.25) is 0 Å². The zero-order chi connectivity index (χ0) is 14.1. The van der Waals surface area contributed by atoms with Crippen LogP contribution < -0.4 is 4.90 Å². The molecule has 0 radical (unpaired) electrons. The average Bonchev–Trinajstić information content (AvgIpc) is 3.05. The Morgan fingerprint density at radius 3 is 3.05 bits per heavy atom. The van der Waals surface area contributed by atoms with Gasteiger partial charge in [-0.05, 0) is 12.1 Å². The molecular formula is C14H13BrN2O2S. The fourth-order valence-electron chi connectivity index (χ4n) is 2.26. The Hall–Kier alpha value is -1.24. The standard InChI is InChI=1S/C14H13BrN2O2S/c15-11-3-1-2-10(5-11)12-8-20-14(16-12)17-6-9(7-18)4-13(17)19/h1-3,5,8-9,18H,4,6-7H2. The van der Waals surface area contributed by atoms with Crippen LogP contribution in [0.4, 0.5) is 5.13 Å². The Morgan fingerprint density at radius 2 is 2.35 bits per heavy atom. The molecule has 1 fully saturated rings. The summed E-state index contributed by atoms with van der Waals surface area (Å²) in [6.07, 6.45) is 0.405. The molecule has 1 saturated heterocycles. The van der Waals surface area contributed by atoms with Crippen LogP contribution in [-0.4, -0.2) is 29.1 Å². The number of hydrogen-bond acceptors (Lipinski definition) is 4. The molecule has 20 heavy (non-hydrogen) atoms. The van der Waals surface area contributed by atoms with Crippen LogP contribution in [0.15, 0.2) is 34.1 Å². The molecule has 2 aromatic rings. The van der Waals surface area contributed by atoms with Crippen LogP contribution in [-0.2, 0) is 4.79 Å². The van der Waals surface area contributed by atoms with Crippen LogP contribution in [0.5, 0.6) is 0 Å². The summed E-state index contributed by atoms with van der Waals surface area (Å²) in [4.78, 5) is 18.1. The first-order valence-corrected chi connectivity index (χ1v) is 7.97. The lowest BCUT2D eigenvalue weighted by molar-refractivity contribution is -0.117. The Balaban J connectivity index is 1.86. The van der Waals surface area contributed by atoms with Crippen molar-refractivity contribution in [3.8, 4) is 11.3 Å². The van der Waals surface area contributed by atoms with Crippen molar-refractivity contribution in [1.29, 1.82) is 0 Å². The van der Waals surface area contributed by atoms with Gasteiger partial charge in [0.15, 0.2) is 5.13 Å². The minimum Gasteiger partial charge on any atom is -0.396 e. The van der Waals surface area contributed by atoms with Crippen molar-refractivity contribution in [3.05, 3.63) is 34.1 Å². The number of rotatable bonds is 3. The number of thiazole rings is 1. The molecular weight excluding hydrogens is 340 g/mol. The summed E-state index contributed by atoms with van der Waals surface area (Å²) in [5, 5.41) is 11.8. The lowest BCUT2D eigenvalue weighted by Crippen LogP contribution is -2.24. The van der Waals surface area contributed by atoms with E-state index in [2.05, 4.69) is 20.9 Å². The van der Waals surface area contributed by atoms with Crippen molar-refractivity contribution in [2.45, 2.75) is 6.42 Å². The molecule has 1 aromatic heterocycles. The maximum atomic E-state index is 11.9. The first-order valence-electron chi connectivity index (χ1n) is 6.30. The number of aliphatic hydroxyl groups excluding tert-OH is 1. The van der Waals surface area contributed by atoms with Crippen LogP contribution in [0, 0.1) is 5.92 Å². The Morgan fingerprint density at radius 1 is 1.50 bits per heavy atom. The van der Waals surface area contributed by atoms with Gasteiger partial charge in [0.2, 0.25) is 5.91 Å². The largest absolute Gasteiger partial charge is 0.396 e. The van der Waals surface area contributed by atoms with Gasteiger partial charge in [0.25, 0.3) is 0 Å². The number of aromatic nitrogens is 1. The second-order valence-corrected chi connectivity index (χ2v) is 6.53. The van der Waals surface area contributed by atoms with Crippen molar-refractivity contribution < 1.29 is 9.90 Å². The topological polar surface area (TPSA) is 53.4 Å². The number of carbonyl (C=O) groups excluding carboxylic acids is 1. The van der Waals surface area contributed by atoms with Crippen molar-refractivity contribution in [1.82, 2.24) is 4.98 Å². The van der Waals surface area contributed by atoms with E-state index < -0.39 is 0 Å². The molecule has 2 heterocycles. The van der Waals surface area contributed by atoms with Crippen molar-refractivity contribution in [2.75, 3.05) is 18.1 Å². The number of anilines is 1. The quantitative estimate of drug-likeness (QED) is 0.923. The smallest absolute Gasteiger partial charge is 0.229 e. The molecule has 104 valence electrons. The predicted molar refractivity (Wildman–Crippen MR) is 82.8 cm³/mol. The Labute approximate surface area is 129 Å². The SMILES string of the molecule is O=C1CC(CO)CN1c1nc(-c2cccc(Br)c2)cs1. The van der Waals surface area contributed by atoms with E-state index in [1.165, 1.54) is 11.3 Å². The molecule has 1 aliphatic heterocycles. The maximum absolute atomic E-state index is 11.9. The van der Waals surface area contributed by atoms with Crippen molar-refractivity contribution >= 4 is 38.3 Å². The lowest BCUT2D eigenvalue weighted by Gasteiger charge is -2.11. The molecule has 1 atom stereocenters. The first-order chi connectivity index (χ1) is 9.67. The van der Waals surface area contributed by atoms with Crippen molar-refractivity contribution in [2.24, 2.45) is 5.92 Å². The molecule has 0 aliphatic carbocycles. The van der Waals surface area contributed by atoms with Gasteiger partial charge in [0.05, 0.1) is 5.69 Å². The first kappa shape index (κ1) is 13.7. The minimum absolute atomic E-state index is 0.0284. The van der Waals surface area contributed by atoms with Crippen molar-refractivity contribution in [3.63, 3.8) is 0 Å². The van der Waals surface area contributed by atoms with E-state index in [9.17, 15) is 4.79 Å². The maximum Gasteiger partial charge on any atom is 0.229 e. The van der Waals surface area contributed by atoms with E-state index in [1.54, 1.807) is 4.90 Å².